The van der Waals surface area contributed by atoms with Crippen LogP contribution in [-0.4, -0.2) is 11.9 Å². The van der Waals surface area contributed by atoms with Crippen LogP contribution in [0.15, 0.2) is 18.2 Å². The molecule has 3 nitrogen and oxygen atoms in total. The smallest absolute Gasteiger partial charge is 0.231 e. The zero-order valence-corrected chi connectivity index (χ0v) is 7.12. The molecule has 0 amide bonds. The van der Waals surface area contributed by atoms with Crippen molar-refractivity contribution in [1.29, 1.82) is 0 Å². The lowest BCUT2D eigenvalue weighted by Gasteiger charge is -2.10. The Labute approximate surface area is 75.9 Å². The van der Waals surface area contributed by atoms with E-state index in [9.17, 15) is 5.11 Å². The molecule has 2 aliphatic rings. The Morgan fingerprint density at radius 3 is 2.85 bits per heavy atom. The third kappa shape index (κ3) is 0.937. The lowest BCUT2D eigenvalue weighted by molar-refractivity contribution is 0.140. The van der Waals surface area contributed by atoms with Crippen LogP contribution in [0.25, 0.3) is 0 Å². The van der Waals surface area contributed by atoms with Crippen LogP contribution in [-0.2, 0) is 5.60 Å². The van der Waals surface area contributed by atoms with E-state index in [0.717, 1.165) is 29.9 Å². The maximum absolute atomic E-state index is 9.93. The van der Waals surface area contributed by atoms with E-state index in [1.807, 2.05) is 18.2 Å². The standard InChI is InChI=1S/C10H10O3/c11-10(4-5-10)7-2-1-3-8-9(7)13-6-12-8/h1-3,11H,4-6H2. The normalized spacial score (nSPS) is 21.6. The molecule has 0 aromatic heterocycles. The fraction of sp³-hybridized carbons (Fsp3) is 0.400. The number of ether oxygens (including phenoxy) is 2. The molecule has 1 N–H and O–H groups in total. The Morgan fingerprint density at radius 2 is 2.08 bits per heavy atom. The molecule has 13 heavy (non-hydrogen) atoms. The third-order valence-corrected chi connectivity index (χ3v) is 2.62. The van der Waals surface area contributed by atoms with Crippen molar-refractivity contribution in [3.8, 4) is 11.5 Å². The van der Waals surface area contributed by atoms with Gasteiger partial charge in [0, 0.05) is 5.56 Å². The van der Waals surface area contributed by atoms with Crippen molar-refractivity contribution >= 4 is 0 Å². The second-order valence-corrected chi connectivity index (χ2v) is 3.57. The summed E-state index contributed by atoms with van der Waals surface area (Å²) in [6, 6.07) is 5.65. The number of benzene rings is 1. The number of aliphatic hydroxyl groups is 1. The van der Waals surface area contributed by atoms with E-state index >= 15 is 0 Å². The average Bonchev–Trinajstić information content (AvgIpc) is 2.72. The summed E-state index contributed by atoms with van der Waals surface area (Å²) in [5.74, 6) is 1.47. The summed E-state index contributed by atoms with van der Waals surface area (Å²) in [5, 5.41) is 9.93. The van der Waals surface area contributed by atoms with Gasteiger partial charge in [-0.05, 0) is 18.9 Å². The Morgan fingerprint density at radius 1 is 1.23 bits per heavy atom. The van der Waals surface area contributed by atoms with Gasteiger partial charge in [0.15, 0.2) is 11.5 Å². The highest BCUT2D eigenvalue weighted by Crippen LogP contribution is 2.51. The second kappa shape index (κ2) is 2.17. The second-order valence-electron chi connectivity index (χ2n) is 3.57. The van der Waals surface area contributed by atoms with Gasteiger partial charge in [0.05, 0.1) is 5.60 Å². The van der Waals surface area contributed by atoms with E-state index in [0.29, 0.717) is 0 Å². The maximum atomic E-state index is 9.93. The summed E-state index contributed by atoms with van der Waals surface area (Å²) >= 11 is 0. The first-order valence-corrected chi connectivity index (χ1v) is 4.41. The summed E-state index contributed by atoms with van der Waals surface area (Å²) in [6.45, 7) is 0.266. The highest BCUT2D eigenvalue weighted by Gasteiger charge is 2.45. The molecule has 1 fully saturated rings. The Kier molecular flexibility index (Phi) is 1.21. The summed E-state index contributed by atoms with van der Waals surface area (Å²) in [4.78, 5) is 0. The number of hydrogen-bond donors (Lipinski definition) is 1. The van der Waals surface area contributed by atoms with Gasteiger partial charge in [0.25, 0.3) is 0 Å². The largest absolute Gasteiger partial charge is 0.454 e. The van der Waals surface area contributed by atoms with Crippen LogP contribution in [0.5, 0.6) is 11.5 Å². The lowest BCUT2D eigenvalue weighted by atomic mass is 10.1. The molecule has 0 unspecified atom stereocenters. The minimum Gasteiger partial charge on any atom is -0.454 e. The van der Waals surface area contributed by atoms with Crippen molar-refractivity contribution < 1.29 is 14.6 Å². The maximum Gasteiger partial charge on any atom is 0.231 e. The monoisotopic (exact) mass is 178 g/mol. The molecule has 0 radical (unpaired) electrons. The molecule has 3 heteroatoms. The Hall–Kier alpha value is -1.22. The minimum atomic E-state index is -0.640. The van der Waals surface area contributed by atoms with Gasteiger partial charge in [0.2, 0.25) is 6.79 Å². The van der Waals surface area contributed by atoms with E-state index < -0.39 is 5.60 Å². The lowest BCUT2D eigenvalue weighted by Crippen LogP contribution is -2.05. The number of fused-ring (bicyclic) bond motifs is 1. The van der Waals surface area contributed by atoms with Crippen LogP contribution in [0.1, 0.15) is 18.4 Å². The number of hydrogen-bond acceptors (Lipinski definition) is 3. The van der Waals surface area contributed by atoms with Crippen molar-refractivity contribution in [2.45, 2.75) is 18.4 Å². The van der Waals surface area contributed by atoms with E-state index in [2.05, 4.69) is 0 Å². The molecule has 1 aromatic carbocycles. The SMILES string of the molecule is OC1(c2cccc3c2OCO3)CC1. The Balaban J connectivity index is 2.15. The molecular weight excluding hydrogens is 168 g/mol. The number of rotatable bonds is 1. The first-order chi connectivity index (χ1) is 6.30. The van der Waals surface area contributed by atoms with Crippen molar-refractivity contribution in [3.63, 3.8) is 0 Å². The fourth-order valence-electron chi connectivity index (χ4n) is 1.68. The van der Waals surface area contributed by atoms with E-state index in [1.54, 1.807) is 0 Å². The fourth-order valence-corrected chi connectivity index (χ4v) is 1.68. The van der Waals surface area contributed by atoms with E-state index in [-0.39, 0.29) is 6.79 Å². The summed E-state index contributed by atoms with van der Waals surface area (Å²) in [5.41, 5.74) is 0.237. The first kappa shape index (κ1) is 7.21. The van der Waals surface area contributed by atoms with Gasteiger partial charge in [-0.15, -0.1) is 0 Å². The van der Waals surface area contributed by atoms with Gasteiger partial charge < -0.3 is 14.6 Å². The first-order valence-electron chi connectivity index (χ1n) is 4.41. The van der Waals surface area contributed by atoms with Crippen molar-refractivity contribution in [2.24, 2.45) is 0 Å². The predicted octanol–water partition coefficient (Wildman–Crippen LogP) is 1.40. The molecule has 3 rings (SSSR count). The van der Waals surface area contributed by atoms with Crippen LogP contribution in [0.4, 0.5) is 0 Å². The van der Waals surface area contributed by atoms with Crippen LogP contribution in [0, 0.1) is 0 Å². The molecule has 1 aliphatic heterocycles. The zero-order chi connectivity index (χ0) is 8.89. The highest BCUT2D eigenvalue weighted by molar-refractivity contribution is 5.52. The molecule has 1 saturated carbocycles. The summed E-state index contributed by atoms with van der Waals surface area (Å²) in [7, 11) is 0. The van der Waals surface area contributed by atoms with Crippen molar-refractivity contribution in [2.75, 3.05) is 6.79 Å². The summed E-state index contributed by atoms with van der Waals surface area (Å²) in [6.07, 6.45) is 1.65. The van der Waals surface area contributed by atoms with Gasteiger partial charge in [-0.1, -0.05) is 12.1 Å². The molecule has 68 valence electrons. The summed E-state index contributed by atoms with van der Waals surface area (Å²) < 4.78 is 10.5. The molecule has 1 aromatic rings. The van der Waals surface area contributed by atoms with E-state index in [4.69, 9.17) is 9.47 Å². The zero-order valence-electron chi connectivity index (χ0n) is 7.12. The van der Waals surface area contributed by atoms with Gasteiger partial charge in [-0.2, -0.15) is 0 Å². The molecule has 1 heterocycles. The molecule has 0 bridgehead atoms. The van der Waals surface area contributed by atoms with Crippen LogP contribution in [0.3, 0.4) is 0 Å². The van der Waals surface area contributed by atoms with Crippen molar-refractivity contribution in [1.82, 2.24) is 0 Å². The molecule has 1 aliphatic carbocycles. The van der Waals surface area contributed by atoms with Crippen LogP contribution >= 0.6 is 0 Å². The molecule has 0 spiro atoms. The molecular formula is C10H10O3. The molecule has 0 atom stereocenters. The quantitative estimate of drug-likeness (QED) is 0.706. The molecule has 0 saturated heterocycles. The minimum absolute atomic E-state index is 0.266. The number of para-hydroxylation sites is 1. The van der Waals surface area contributed by atoms with Gasteiger partial charge in [-0.3, -0.25) is 0 Å². The predicted molar refractivity (Wildman–Crippen MR) is 45.7 cm³/mol. The highest BCUT2D eigenvalue weighted by atomic mass is 16.7. The van der Waals surface area contributed by atoms with E-state index in [1.165, 1.54) is 0 Å². The van der Waals surface area contributed by atoms with Crippen LogP contribution in [0.2, 0.25) is 0 Å². The topological polar surface area (TPSA) is 38.7 Å². The third-order valence-electron chi connectivity index (χ3n) is 2.62. The van der Waals surface area contributed by atoms with Gasteiger partial charge in [-0.25, -0.2) is 0 Å². The van der Waals surface area contributed by atoms with Crippen molar-refractivity contribution in [3.05, 3.63) is 23.8 Å². The Bertz CT molecular complexity index is 355. The van der Waals surface area contributed by atoms with Crippen LogP contribution < -0.4 is 9.47 Å². The van der Waals surface area contributed by atoms with Gasteiger partial charge >= 0.3 is 0 Å². The average molecular weight is 178 g/mol. The van der Waals surface area contributed by atoms with Gasteiger partial charge in [0.1, 0.15) is 0 Å².